The minimum absolute atomic E-state index is 0.311. The quantitative estimate of drug-likeness (QED) is 0.831. The van der Waals surface area contributed by atoms with E-state index in [0.717, 1.165) is 13.0 Å². The predicted molar refractivity (Wildman–Crippen MR) is 80.3 cm³/mol. The van der Waals surface area contributed by atoms with E-state index < -0.39 is 0 Å². The summed E-state index contributed by atoms with van der Waals surface area (Å²) in [4.78, 5) is 11.7. The van der Waals surface area contributed by atoms with E-state index in [9.17, 15) is 4.79 Å². The highest BCUT2D eigenvalue weighted by Crippen LogP contribution is 2.29. The number of urea groups is 1. The molecular weight excluding hydrogens is 299 g/mol. The summed E-state index contributed by atoms with van der Waals surface area (Å²) in [6, 6.07) is 6.63. The minimum Gasteiger partial charge on any atom is -0.338 e. The minimum atomic E-state index is -0.311. The molecule has 0 fully saturated rings. The Morgan fingerprint density at radius 3 is 2.90 bits per heavy atom. The number of carbonyl (C=O) groups is 1. The lowest BCUT2D eigenvalue weighted by molar-refractivity contribution is 0.251. The van der Waals surface area contributed by atoms with Crippen molar-refractivity contribution in [3.05, 3.63) is 46.7 Å². The van der Waals surface area contributed by atoms with Gasteiger partial charge in [0.1, 0.15) is 0 Å². The summed E-state index contributed by atoms with van der Waals surface area (Å²) in [6.07, 6.45) is 4.39. The first-order chi connectivity index (χ1) is 9.66. The highest BCUT2D eigenvalue weighted by molar-refractivity contribution is 6.43. The van der Waals surface area contributed by atoms with E-state index in [1.165, 1.54) is 0 Å². The Morgan fingerprint density at radius 2 is 2.15 bits per heavy atom. The lowest BCUT2D eigenvalue weighted by Crippen LogP contribution is -2.30. The molecule has 2 rings (SSSR count). The van der Waals surface area contributed by atoms with E-state index in [0.29, 0.717) is 22.3 Å². The molecule has 1 aromatic carbocycles. The van der Waals surface area contributed by atoms with Crippen LogP contribution in [0.25, 0.3) is 0 Å². The number of nitrogens with zero attached hydrogens (tertiary/aromatic N) is 2. The highest BCUT2D eigenvalue weighted by atomic mass is 35.5. The van der Waals surface area contributed by atoms with Crippen LogP contribution in [0.3, 0.4) is 0 Å². The van der Waals surface area contributed by atoms with Crippen molar-refractivity contribution >= 4 is 34.9 Å². The zero-order valence-electron chi connectivity index (χ0n) is 10.6. The summed E-state index contributed by atoms with van der Waals surface area (Å²) >= 11 is 11.8. The van der Waals surface area contributed by atoms with Gasteiger partial charge in [-0.05, 0) is 24.6 Å². The van der Waals surface area contributed by atoms with E-state index in [1.54, 1.807) is 24.4 Å². The Hall–Kier alpha value is -1.72. The van der Waals surface area contributed by atoms with Crippen LogP contribution in [-0.2, 0) is 6.54 Å². The fourth-order valence-electron chi connectivity index (χ4n) is 1.64. The monoisotopic (exact) mass is 312 g/mol. The molecule has 0 aliphatic rings. The van der Waals surface area contributed by atoms with Crippen molar-refractivity contribution in [2.45, 2.75) is 13.0 Å². The molecule has 2 N–H and O–H groups in total. The molecular formula is C13H14Cl2N4O. The molecule has 106 valence electrons. The standard InChI is InChI=1S/C13H14Cl2N4O/c14-10-4-1-5-11(12(10)15)18-13(20)16-6-2-8-19-9-3-7-17-19/h1,3-5,7,9H,2,6,8H2,(H2,16,18,20). The van der Waals surface area contributed by atoms with Crippen molar-refractivity contribution in [2.75, 3.05) is 11.9 Å². The first kappa shape index (κ1) is 14.7. The van der Waals surface area contributed by atoms with Crippen LogP contribution < -0.4 is 10.6 Å². The normalized spacial score (nSPS) is 10.3. The molecule has 0 saturated carbocycles. The number of carbonyl (C=O) groups excluding carboxylic acids is 1. The van der Waals surface area contributed by atoms with Gasteiger partial charge in [-0.15, -0.1) is 0 Å². The number of hydrogen-bond acceptors (Lipinski definition) is 2. The van der Waals surface area contributed by atoms with Crippen molar-refractivity contribution in [3.8, 4) is 0 Å². The van der Waals surface area contributed by atoms with Crippen LogP contribution in [0.4, 0.5) is 10.5 Å². The lowest BCUT2D eigenvalue weighted by Gasteiger charge is -2.09. The molecule has 0 radical (unpaired) electrons. The fraction of sp³-hybridized carbons (Fsp3) is 0.231. The van der Waals surface area contributed by atoms with Gasteiger partial charge in [0, 0.05) is 25.5 Å². The van der Waals surface area contributed by atoms with Crippen LogP contribution in [-0.4, -0.2) is 22.4 Å². The van der Waals surface area contributed by atoms with Gasteiger partial charge in [0.05, 0.1) is 15.7 Å². The maximum Gasteiger partial charge on any atom is 0.319 e. The van der Waals surface area contributed by atoms with Crippen molar-refractivity contribution in [3.63, 3.8) is 0 Å². The zero-order chi connectivity index (χ0) is 14.4. The highest BCUT2D eigenvalue weighted by Gasteiger charge is 2.07. The molecule has 2 amide bonds. The molecule has 20 heavy (non-hydrogen) atoms. The Labute approximate surface area is 126 Å². The third kappa shape index (κ3) is 4.15. The Kier molecular flexibility index (Phi) is 5.26. The van der Waals surface area contributed by atoms with Gasteiger partial charge in [-0.25, -0.2) is 4.79 Å². The molecule has 0 saturated heterocycles. The summed E-state index contributed by atoms with van der Waals surface area (Å²) in [6.45, 7) is 1.30. The fourth-order valence-corrected chi connectivity index (χ4v) is 1.99. The van der Waals surface area contributed by atoms with Gasteiger partial charge < -0.3 is 10.6 Å². The smallest absolute Gasteiger partial charge is 0.319 e. The first-order valence-electron chi connectivity index (χ1n) is 6.13. The second-order valence-electron chi connectivity index (χ2n) is 4.10. The second-order valence-corrected chi connectivity index (χ2v) is 4.89. The third-order valence-electron chi connectivity index (χ3n) is 2.61. The number of nitrogens with one attached hydrogen (secondary N) is 2. The molecule has 1 aromatic heterocycles. The second kappa shape index (κ2) is 7.17. The summed E-state index contributed by atoms with van der Waals surface area (Å²) in [5.41, 5.74) is 0.490. The maximum atomic E-state index is 11.7. The van der Waals surface area contributed by atoms with Gasteiger partial charge in [0.25, 0.3) is 0 Å². The number of benzene rings is 1. The summed E-state index contributed by atoms with van der Waals surface area (Å²) < 4.78 is 1.81. The van der Waals surface area contributed by atoms with Crippen LogP contribution in [0, 0.1) is 0 Å². The van der Waals surface area contributed by atoms with Gasteiger partial charge in [-0.2, -0.15) is 5.10 Å². The molecule has 0 aliphatic heterocycles. The Bertz CT molecular complexity index is 572. The van der Waals surface area contributed by atoms with Crippen LogP contribution in [0.5, 0.6) is 0 Å². The van der Waals surface area contributed by atoms with Crippen LogP contribution in [0.2, 0.25) is 10.0 Å². The maximum absolute atomic E-state index is 11.7. The van der Waals surface area contributed by atoms with E-state index in [4.69, 9.17) is 23.2 Å². The molecule has 0 unspecified atom stereocenters. The molecule has 7 heteroatoms. The van der Waals surface area contributed by atoms with Crippen molar-refractivity contribution in [2.24, 2.45) is 0 Å². The molecule has 0 bridgehead atoms. The summed E-state index contributed by atoms with van der Waals surface area (Å²) in [5.74, 6) is 0. The first-order valence-corrected chi connectivity index (χ1v) is 6.88. The van der Waals surface area contributed by atoms with Gasteiger partial charge in [0.2, 0.25) is 0 Å². The summed E-state index contributed by atoms with van der Waals surface area (Å²) in [5, 5.41) is 10.2. The SMILES string of the molecule is O=C(NCCCn1cccn1)Nc1cccc(Cl)c1Cl. The van der Waals surface area contributed by atoms with Crippen LogP contribution in [0.15, 0.2) is 36.7 Å². The van der Waals surface area contributed by atoms with Gasteiger partial charge >= 0.3 is 6.03 Å². The Morgan fingerprint density at radius 1 is 1.30 bits per heavy atom. The number of aromatic nitrogens is 2. The number of aryl methyl sites for hydroxylation is 1. The van der Waals surface area contributed by atoms with Gasteiger partial charge in [0.15, 0.2) is 0 Å². The molecule has 0 spiro atoms. The summed E-state index contributed by atoms with van der Waals surface area (Å²) in [7, 11) is 0. The topological polar surface area (TPSA) is 59.0 Å². The third-order valence-corrected chi connectivity index (χ3v) is 3.43. The number of halogens is 2. The molecule has 0 atom stereocenters. The van der Waals surface area contributed by atoms with E-state index in [-0.39, 0.29) is 6.03 Å². The molecule has 1 heterocycles. The zero-order valence-corrected chi connectivity index (χ0v) is 12.2. The van der Waals surface area contributed by atoms with Crippen molar-refractivity contribution < 1.29 is 4.79 Å². The number of rotatable bonds is 5. The number of anilines is 1. The Balaban J connectivity index is 1.74. The van der Waals surface area contributed by atoms with Gasteiger partial charge in [-0.1, -0.05) is 29.3 Å². The number of hydrogen-bond donors (Lipinski definition) is 2. The molecule has 0 aliphatic carbocycles. The van der Waals surface area contributed by atoms with Crippen LogP contribution >= 0.6 is 23.2 Å². The predicted octanol–water partition coefficient (Wildman–Crippen LogP) is 3.40. The largest absolute Gasteiger partial charge is 0.338 e. The van der Waals surface area contributed by atoms with E-state index >= 15 is 0 Å². The van der Waals surface area contributed by atoms with Gasteiger partial charge in [-0.3, -0.25) is 4.68 Å². The molecule has 2 aromatic rings. The van der Waals surface area contributed by atoms with E-state index in [2.05, 4.69) is 15.7 Å². The number of amides is 2. The average Bonchev–Trinajstić information content (AvgIpc) is 2.93. The van der Waals surface area contributed by atoms with Crippen LogP contribution in [0.1, 0.15) is 6.42 Å². The average molecular weight is 313 g/mol. The molecule has 5 nitrogen and oxygen atoms in total. The van der Waals surface area contributed by atoms with E-state index in [1.807, 2.05) is 16.9 Å². The van der Waals surface area contributed by atoms with Crippen molar-refractivity contribution in [1.29, 1.82) is 0 Å². The van der Waals surface area contributed by atoms with Crippen molar-refractivity contribution in [1.82, 2.24) is 15.1 Å². The lowest BCUT2D eigenvalue weighted by atomic mass is 10.3.